The van der Waals surface area contributed by atoms with Crippen LogP contribution in [0.2, 0.25) is 0 Å². The predicted molar refractivity (Wildman–Crippen MR) is 68.2 cm³/mol. The molecule has 0 amide bonds. The number of rotatable bonds is 2. The average Bonchev–Trinajstić information content (AvgIpc) is 2.37. The number of carbonyl (C=O) groups excluding carboxylic acids is 2. The van der Waals surface area contributed by atoms with Crippen molar-refractivity contribution in [2.75, 3.05) is 0 Å². The molecule has 0 aromatic heterocycles. The predicted octanol–water partition coefficient (Wildman–Crippen LogP) is 2.20. The van der Waals surface area contributed by atoms with Crippen molar-refractivity contribution in [1.29, 1.82) is 0 Å². The molecule has 4 nitrogen and oxygen atoms in total. The summed E-state index contributed by atoms with van der Waals surface area (Å²) >= 11 is 0. The molecule has 0 spiro atoms. The Bertz CT molecular complexity index is 631. The van der Waals surface area contributed by atoms with Gasteiger partial charge in [-0.3, -0.25) is 9.59 Å². The fourth-order valence-electron chi connectivity index (χ4n) is 2.16. The zero-order valence-electron chi connectivity index (χ0n) is 10.2. The van der Waals surface area contributed by atoms with Crippen LogP contribution >= 0.6 is 0 Å². The van der Waals surface area contributed by atoms with Crippen molar-refractivity contribution in [2.24, 2.45) is 0 Å². The van der Waals surface area contributed by atoms with Gasteiger partial charge in [0.25, 0.3) is 6.29 Å². The van der Waals surface area contributed by atoms with Crippen LogP contribution in [0, 0.1) is 0 Å². The summed E-state index contributed by atoms with van der Waals surface area (Å²) in [6.45, 7) is 0. The Labute approximate surface area is 109 Å². The summed E-state index contributed by atoms with van der Waals surface area (Å²) in [6.07, 6.45) is -0.730. The van der Waals surface area contributed by atoms with Crippen molar-refractivity contribution in [3.8, 4) is 0 Å². The van der Waals surface area contributed by atoms with Gasteiger partial charge in [0.05, 0.1) is 0 Å². The second-order valence-corrected chi connectivity index (χ2v) is 4.47. The number of esters is 2. The first-order valence-corrected chi connectivity index (χ1v) is 6.07. The Morgan fingerprint density at radius 3 is 2.37 bits per heavy atom. The molecule has 1 aliphatic heterocycles. The highest BCUT2D eigenvalue weighted by Crippen LogP contribution is 2.19. The van der Waals surface area contributed by atoms with E-state index in [0.29, 0.717) is 6.42 Å². The minimum absolute atomic E-state index is 0.297. The normalized spacial score (nSPS) is 16.2. The minimum atomic E-state index is -0.810. The summed E-state index contributed by atoms with van der Waals surface area (Å²) < 4.78 is 9.98. The molecular weight excluding hydrogens is 244 g/mol. The highest BCUT2D eigenvalue weighted by molar-refractivity contribution is 5.92. The first kappa shape index (κ1) is 11.7. The maximum absolute atomic E-state index is 11.2. The fraction of sp³-hybridized carbons (Fsp3) is 0.200. The third kappa shape index (κ3) is 2.57. The number of hydrogen-bond donors (Lipinski definition) is 0. The van der Waals surface area contributed by atoms with Crippen molar-refractivity contribution in [3.63, 3.8) is 0 Å². The molecule has 1 saturated heterocycles. The molecule has 4 heteroatoms. The molecule has 2 aromatic rings. The van der Waals surface area contributed by atoms with Gasteiger partial charge in [-0.25, -0.2) is 0 Å². The second-order valence-electron chi connectivity index (χ2n) is 4.47. The lowest BCUT2D eigenvalue weighted by Crippen LogP contribution is -2.33. The van der Waals surface area contributed by atoms with E-state index in [1.54, 1.807) is 0 Å². The maximum Gasteiger partial charge on any atom is 0.320 e. The standard InChI is InChI=1S/C15H12O4/c16-13-9-14(17)19-15(18-13)8-10-5-6-11-3-1-2-4-12(11)7-10/h1-7,15H,8-9H2. The first-order valence-electron chi connectivity index (χ1n) is 6.07. The van der Waals surface area contributed by atoms with Gasteiger partial charge in [0, 0.05) is 6.42 Å². The van der Waals surface area contributed by atoms with E-state index in [-0.39, 0.29) is 6.42 Å². The van der Waals surface area contributed by atoms with E-state index in [0.717, 1.165) is 16.3 Å². The minimum Gasteiger partial charge on any atom is -0.424 e. The molecule has 96 valence electrons. The average molecular weight is 256 g/mol. The van der Waals surface area contributed by atoms with E-state index in [4.69, 9.17) is 9.47 Å². The van der Waals surface area contributed by atoms with Crippen molar-refractivity contribution < 1.29 is 19.1 Å². The lowest BCUT2D eigenvalue weighted by molar-refractivity contribution is -0.202. The molecule has 2 aromatic carbocycles. The molecule has 0 bridgehead atoms. The van der Waals surface area contributed by atoms with Gasteiger partial charge in [-0.1, -0.05) is 42.5 Å². The summed E-state index contributed by atoms with van der Waals surface area (Å²) in [4.78, 5) is 22.3. The van der Waals surface area contributed by atoms with Gasteiger partial charge >= 0.3 is 11.9 Å². The molecule has 0 aliphatic carbocycles. The van der Waals surface area contributed by atoms with E-state index in [1.165, 1.54) is 0 Å². The number of fused-ring (bicyclic) bond motifs is 1. The third-order valence-electron chi connectivity index (χ3n) is 3.03. The Morgan fingerprint density at radius 1 is 0.947 bits per heavy atom. The van der Waals surface area contributed by atoms with Crippen molar-refractivity contribution in [3.05, 3.63) is 48.0 Å². The van der Waals surface area contributed by atoms with E-state index in [1.807, 2.05) is 42.5 Å². The lowest BCUT2D eigenvalue weighted by Gasteiger charge is -2.22. The van der Waals surface area contributed by atoms with E-state index in [2.05, 4.69) is 0 Å². The molecule has 1 fully saturated rings. The second kappa shape index (κ2) is 4.72. The van der Waals surface area contributed by atoms with Crippen molar-refractivity contribution in [1.82, 2.24) is 0 Å². The van der Waals surface area contributed by atoms with Crippen LogP contribution in [0.1, 0.15) is 12.0 Å². The Balaban J connectivity index is 1.81. The highest BCUT2D eigenvalue weighted by atomic mass is 16.7. The summed E-state index contributed by atoms with van der Waals surface area (Å²) in [5, 5.41) is 2.25. The topological polar surface area (TPSA) is 52.6 Å². The Kier molecular flexibility index (Phi) is 2.91. The third-order valence-corrected chi connectivity index (χ3v) is 3.03. The lowest BCUT2D eigenvalue weighted by atomic mass is 10.0. The molecule has 0 N–H and O–H groups in total. The van der Waals surface area contributed by atoms with Gasteiger partial charge in [-0.15, -0.1) is 0 Å². The van der Waals surface area contributed by atoms with Crippen LogP contribution in [0.5, 0.6) is 0 Å². The largest absolute Gasteiger partial charge is 0.424 e. The zero-order chi connectivity index (χ0) is 13.2. The van der Waals surface area contributed by atoms with Gasteiger partial charge in [0.2, 0.25) is 0 Å². The first-order chi connectivity index (χ1) is 9.20. The SMILES string of the molecule is O=C1CC(=O)OC(Cc2ccc3ccccc3c2)O1. The number of carbonyl (C=O) groups is 2. The van der Waals surface area contributed by atoms with E-state index < -0.39 is 18.2 Å². The van der Waals surface area contributed by atoms with Gasteiger partial charge in [0.15, 0.2) is 0 Å². The highest BCUT2D eigenvalue weighted by Gasteiger charge is 2.27. The molecular formula is C15H12O4. The smallest absolute Gasteiger partial charge is 0.320 e. The molecule has 1 heterocycles. The number of benzene rings is 2. The van der Waals surface area contributed by atoms with E-state index >= 15 is 0 Å². The molecule has 3 rings (SSSR count). The van der Waals surface area contributed by atoms with Crippen molar-refractivity contribution >= 4 is 22.7 Å². The van der Waals surface area contributed by atoms with Gasteiger partial charge < -0.3 is 9.47 Å². The monoisotopic (exact) mass is 256 g/mol. The molecule has 1 aliphatic rings. The summed E-state index contributed by atoms with van der Waals surface area (Å²) in [5.41, 5.74) is 0.964. The van der Waals surface area contributed by atoms with Gasteiger partial charge in [0.1, 0.15) is 6.42 Å². The molecule has 0 unspecified atom stereocenters. The van der Waals surface area contributed by atoms with Crippen molar-refractivity contribution in [2.45, 2.75) is 19.1 Å². The van der Waals surface area contributed by atoms with Crippen LogP contribution in [-0.2, 0) is 25.5 Å². The van der Waals surface area contributed by atoms with Gasteiger partial charge in [-0.2, -0.15) is 0 Å². The maximum atomic E-state index is 11.2. The van der Waals surface area contributed by atoms with Crippen LogP contribution in [0.15, 0.2) is 42.5 Å². The molecule has 0 atom stereocenters. The van der Waals surface area contributed by atoms with Crippen LogP contribution in [-0.4, -0.2) is 18.2 Å². The quantitative estimate of drug-likeness (QED) is 0.610. The van der Waals surface area contributed by atoms with Crippen LogP contribution in [0.3, 0.4) is 0 Å². The Hall–Kier alpha value is -2.36. The molecule has 0 radical (unpaired) electrons. The number of cyclic esters (lactones) is 2. The molecule has 0 saturated carbocycles. The summed E-state index contributed by atoms with van der Waals surface area (Å²) in [7, 11) is 0. The van der Waals surface area contributed by atoms with Crippen LogP contribution in [0.25, 0.3) is 10.8 Å². The van der Waals surface area contributed by atoms with E-state index in [9.17, 15) is 9.59 Å². The molecule has 19 heavy (non-hydrogen) atoms. The Morgan fingerprint density at radius 2 is 1.63 bits per heavy atom. The van der Waals surface area contributed by atoms with Crippen LogP contribution in [0.4, 0.5) is 0 Å². The van der Waals surface area contributed by atoms with Gasteiger partial charge in [-0.05, 0) is 16.3 Å². The zero-order valence-corrected chi connectivity index (χ0v) is 10.2. The number of ether oxygens (including phenoxy) is 2. The fourth-order valence-corrected chi connectivity index (χ4v) is 2.16. The summed E-state index contributed by atoms with van der Waals surface area (Å²) in [6, 6.07) is 13.9. The number of hydrogen-bond acceptors (Lipinski definition) is 4. The summed E-state index contributed by atoms with van der Waals surface area (Å²) in [5.74, 6) is -1.05. The van der Waals surface area contributed by atoms with Crippen LogP contribution < -0.4 is 0 Å².